The van der Waals surface area contributed by atoms with Gasteiger partial charge in [0, 0.05) is 10.4 Å². The summed E-state index contributed by atoms with van der Waals surface area (Å²) in [4.78, 5) is 18.4. The van der Waals surface area contributed by atoms with Crippen LogP contribution in [0.15, 0.2) is 35.7 Å². The van der Waals surface area contributed by atoms with E-state index in [1.165, 1.54) is 28.2 Å². The second-order valence-corrected chi connectivity index (χ2v) is 7.83. The van der Waals surface area contributed by atoms with Gasteiger partial charge >= 0.3 is 0 Å². The number of hydrogen-bond acceptors (Lipinski definition) is 5. The summed E-state index contributed by atoms with van der Waals surface area (Å²) in [6, 6.07) is 9.96. The van der Waals surface area contributed by atoms with Crippen LogP contribution >= 0.6 is 22.7 Å². The number of carbonyl (C=O) groups is 1. The fourth-order valence-electron chi connectivity index (χ4n) is 2.24. The lowest BCUT2D eigenvalue weighted by Crippen LogP contribution is -2.09. The van der Waals surface area contributed by atoms with Crippen molar-refractivity contribution in [3.05, 3.63) is 62.3 Å². The van der Waals surface area contributed by atoms with Gasteiger partial charge in [-0.15, -0.1) is 22.7 Å². The van der Waals surface area contributed by atoms with E-state index in [1.807, 2.05) is 37.4 Å². The number of thiazole rings is 1. The zero-order valence-electron chi connectivity index (χ0n) is 14.5. The predicted octanol–water partition coefficient (Wildman–Crippen LogP) is 5.22. The van der Waals surface area contributed by atoms with Gasteiger partial charge in [0.1, 0.15) is 12.4 Å². The Kier molecular flexibility index (Phi) is 5.50. The Morgan fingerprint density at radius 1 is 1.20 bits per heavy atom. The molecule has 0 saturated carbocycles. The Hall–Kier alpha value is -2.18. The van der Waals surface area contributed by atoms with Crippen molar-refractivity contribution in [3.8, 4) is 5.75 Å². The molecule has 2 heterocycles. The predicted molar refractivity (Wildman–Crippen MR) is 104 cm³/mol. The van der Waals surface area contributed by atoms with Crippen LogP contribution < -0.4 is 10.1 Å². The van der Waals surface area contributed by atoms with Crippen molar-refractivity contribution >= 4 is 33.7 Å². The van der Waals surface area contributed by atoms with Gasteiger partial charge in [0.05, 0.1) is 10.6 Å². The number of amides is 1. The zero-order chi connectivity index (χ0) is 17.8. The van der Waals surface area contributed by atoms with Gasteiger partial charge in [-0.1, -0.05) is 19.1 Å². The summed E-state index contributed by atoms with van der Waals surface area (Å²) in [5.74, 6) is 0.709. The Labute approximate surface area is 155 Å². The highest BCUT2D eigenvalue weighted by molar-refractivity contribution is 7.16. The lowest BCUT2D eigenvalue weighted by Gasteiger charge is -2.05. The van der Waals surface area contributed by atoms with Gasteiger partial charge in [-0.2, -0.15) is 0 Å². The van der Waals surface area contributed by atoms with Crippen LogP contribution in [0.1, 0.15) is 38.3 Å². The summed E-state index contributed by atoms with van der Waals surface area (Å²) in [6.45, 7) is 6.51. The summed E-state index contributed by atoms with van der Waals surface area (Å²) in [6.07, 6.45) is 1.02. The van der Waals surface area contributed by atoms with Gasteiger partial charge < -0.3 is 4.74 Å². The molecule has 3 rings (SSSR count). The number of nitrogens with zero attached hydrogens (tertiary/aromatic N) is 1. The number of ether oxygens (including phenoxy) is 1. The van der Waals surface area contributed by atoms with Crippen LogP contribution in [0.5, 0.6) is 5.75 Å². The summed E-state index contributed by atoms with van der Waals surface area (Å²) in [5.41, 5.74) is 3.23. The summed E-state index contributed by atoms with van der Waals surface area (Å²) in [7, 11) is 0. The molecule has 0 aliphatic carbocycles. The summed E-state index contributed by atoms with van der Waals surface area (Å²) >= 11 is 2.91. The number of rotatable bonds is 6. The molecule has 0 unspecified atom stereocenters. The van der Waals surface area contributed by atoms with Crippen molar-refractivity contribution in [1.82, 2.24) is 4.98 Å². The molecule has 1 amide bonds. The molecule has 25 heavy (non-hydrogen) atoms. The highest BCUT2D eigenvalue weighted by Crippen LogP contribution is 2.23. The first-order chi connectivity index (χ1) is 12.0. The molecule has 1 N–H and O–H groups in total. The zero-order valence-corrected chi connectivity index (χ0v) is 16.1. The minimum absolute atomic E-state index is 0.128. The topological polar surface area (TPSA) is 51.2 Å². The van der Waals surface area contributed by atoms with E-state index < -0.39 is 0 Å². The third-order valence-corrected chi connectivity index (χ3v) is 5.83. The van der Waals surface area contributed by atoms with Crippen LogP contribution in [0.3, 0.4) is 0 Å². The van der Waals surface area contributed by atoms with E-state index in [0.717, 1.165) is 28.3 Å². The van der Waals surface area contributed by atoms with Crippen LogP contribution in [0.4, 0.5) is 5.13 Å². The SMILES string of the molecule is CCc1ccc(OCc2csc(C(=O)Nc3nc(C)c(C)s3)c2)cc1. The second kappa shape index (κ2) is 7.80. The molecule has 130 valence electrons. The fraction of sp³-hybridized carbons (Fsp3) is 0.263. The van der Waals surface area contributed by atoms with E-state index in [0.29, 0.717) is 16.6 Å². The maximum atomic E-state index is 12.3. The molecule has 2 aromatic heterocycles. The number of benzene rings is 1. The molecule has 0 aliphatic rings. The third kappa shape index (κ3) is 4.46. The molecule has 0 saturated heterocycles. The van der Waals surface area contributed by atoms with E-state index in [2.05, 4.69) is 29.4 Å². The monoisotopic (exact) mass is 372 g/mol. The Morgan fingerprint density at radius 3 is 2.60 bits per heavy atom. The van der Waals surface area contributed by atoms with E-state index in [1.54, 1.807) is 0 Å². The first kappa shape index (κ1) is 17.6. The van der Waals surface area contributed by atoms with Gasteiger partial charge in [0.25, 0.3) is 5.91 Å². The number of thiophene rings is 1. The lowest BCUT2D eigenvalue weighted by atomic mass is 10.2. The van der Waals surface area contributed by atoms with Gasteiger partial charge in [0.15, 0.2) is 5.13 Å². The number of carbonyl (C=O) groups excluding carboxylic acids is 1. The Bertz CT molecular complexity index is 846. The Morgan fingerprint density at radius 2 is 1.96 bits per heavy atom. The number of aromatic nitrogens is 1. The first-order valence-corrected chi connectivity index (χ1v) is 9.79. The minimum Gasteiger partial charge on any atom is -0.489 e. The smallest absolute Gasteiger partial charge is 0.267 e. The molecule has 0 radical (unpaired) electrons. The van der Waals surface area contributed by atoms with Crippen molar-refractivity contribution in [3.63, 3.8) is 0 Å². The Balaban J connectivity index is 1.58. The summed E-state index contributed by atoms with van der Waals surface area (Å²) in [5, 5.41) is 5.45. The molecule has 6 heteroatoms. The highest BCUT2D eigenvalue weighted by atomic mass is 32.1. The lowest BCUT2D eigenvalue weighted by molar-refractivity contribution is 0.103. The summed E-state index contributed by atoms with van der Waals surface area (Å²) < 4.78 is 5.79. The molecule has 4 nitrogen and oxygen atoms in total. The second-order valence-electron chi connectivity index (χ2n) is 5.72. The third-order valence-electron chi connectivity index (χ3n) is 3.86. The average molecular weight is 373 g/mol. The van der Waals surface area contributed by atoms with Gasteiger partial charge in [0.2, 0.25) is 0 Å². The number of hydrogen-bond donors (Lipinski definition) is 1. The maximum absolute atomic E-state index is 12.3. The van der Waals surface area contributed by atoms with Crippen molar-refractivity contribution in [1.29, 1.82) is 0 Å². The molecule has 0 fully saturated rings. The van der Waals surface area contributed by atoms with Crippen molar-refractivity contribution < 1.29 is 9.53 Å². The molecular formula is C19H20N2O2S2. The standard InChI is InChI=1S/C19H20N2O2S2/c1-4-14-5-7-16(8-6-14)23-10-15-9-17(24-11-15)18(22)21-19-20-12(2)13(3)25-19/h5-9,11H,4,10H2,1-3H3,(H,20,21,22). The van der Waals surface area contributed by atoms with Crippen LogP contribution in [0, 0.1) is 13.8 Å². The van der Waals surface area contributed by atoms with Crippen molar-refractivity contribution in [2.75, 3.05) is 5.32 Å². The van der Waals surface area contributed by atoms with E-state index in [9.17, 15) is 4.79 Å². The van der Waals surface area contributed by atoms with Crippen LogP contribution in [0.2, 0.25) is 0 Å². The minimum atomic E-state index is -0.128. The van der Waals surface area contributed by atoms with Crippen molar-refractivity contribution in [2.45, 2.75) is 33.8 Å². The number of aryl methyl sites for hydroxylation is 3. The maximum Gasteiger partial charge on any atom is 0.267 e. The quantitative estimate of drug-likeness (QED) is 0.646. The fourth-order valence-corrected chi connectivity index (χ4v) is 3.84. The molecule has 1 aromatic carbocycles. The van der Waals surface area contributed by atoms with E-state index >= 15 is 0 Å². The molecule has 0 aliphatic heterocycles. The number of nitrogens with one attached hydrogen (secondary N) is 1. The van der Waals surface area contributed by atoms with Gasteiger partial charge in [-0.05, 0) is 49.4 Å². The molecule has 0 bridgehead atoms. The molecule has 0 atom stereocenters. The van der Waals surface area contributed by atoms with Crippen LogP contribution in [0.25, 0.3) is 0 Å². The molecule has 0 spiro atoms. The van der Waals surface area contributed by atoms with Crippen LogP contribution in [-0.4, -0.2) is 10.9 Å². The van der Waals surface area contributed by atoms with Crippen molar-refractivity contribution in [2.24, 2.45) is 0 Å². The van der Waals surface area contributed by atoms with Gasteiger partial charge in [-0.3, -0.25) is 10.1 Å². The van der Waals surface area contributed by atoms with Crippen LogP contribution in [-0.2, 0) is 13.0 Å². The largest absolute Gasteiger partial charge is 0.489 e. The molecular weight excluding hydrogens is 352 g/mol. The van der Waals surface area contributed by atoms with E-state index in [-0.39, 0.29) is 5.91 Å². The first-order valence-electron chi connectivity index (χ1n) is 8.09. The van der Waals surface area contributed by atoms with Gasteiger partial charge in [-0.25, -0.2) is 4.98 Å². The highest BCUT2D eigenvalue weighted by Gasteiger charge is 2.12. The van der Waals surface area contributed by atoms with E-state index in [4.69, 9.17) is 4.74 Å². The normalized spacial score (nSPS) is 10.7. The molecule has 3 aromatic rings. The average Bonchev–Trinajstić information content (AvgIpc) is 3.20. The number of anilines is 1.